The average Bonchev–Trinajstić information content (AvgIpc) is 4.01. The summed E-state index contributed by atoms with van der Waals surface area (Å²) in [5.74, 6) is 1.84. The normalized spacial score (nSPS) is 13.9. The first-order chi connectivity index (χ1) is 31.2. The Labute approximate surface area is 363 Å². The number of fused-ring (bicyclic) bond motifs is 9. The summed E-state index contributed by atoms with van der Waals surface area (Å²) < 4.78 is 10.9. The molecule has 6 heteroatoms. The number of nitrogens with zero attached hydrogens (tertiary/aromatic N) is 5. The monoisotopic (exact) mass is 809 g/mol. The van der Waals surface area contributed by atoms with Crippen LogP contribution in [0.2, 0.25) is 0 Å². The van der Waals surface area contributed by atoms with E-state index in [2.05, 4.69) is 179 Å². The number of furan rings is 1. The maximum absolute atomic E-state index is 6.24. The van der Waals surface area contributed by atoms with E-state index in [9.17, 15) is 0 Å². The van der Waals surface area contributed by atoms with E-state index in [0.29, 0.717) is 17.6 Å². The summed E-state index contributed by atoms with van der Waals surface area (Å²) >= 11 is 0. The van der Waals surface area contributed by atoms with Crippen molar-refractivity contribution in [3.63, 3.8) is 0 Å². The molecule has 7 aromatic carbocycles. The largest absolute Gasteiger partial charge is 0.456 e. The Kier molecular flexibility index (Phi) is 8.06. The Balaban J connectivity index is 0.993. The van der Waals surface area contributed by atoms with Gasteiger partial charge in [0.2, 0.25) is 5.95 Å². The highest BCUT2D eigenvalue weighted by Crippen LogP contribution is 2.40. The van der Waals surface area contributed by atoms with Crippen LogP contribution in [0.4, 0.5) is 0 Å². The summed E-state index contributed by atoms with van der Waals surface area (Å²) in [4.78, 5) is 16.0. The quantitative estimate of drug-likeness (QED) is 0.168. The second-order valence-electron chi connectivity index (χ2n) is 16.6. The summed E-state index contributed by atoms with van der Waals surface area (Å²) in [5, 5.41) is 5.74. The van der Waals surface area contributed by atoms with Gasteiger partial charge < -0.3 is 8.98 Å². The molecule has 0 amide bonds. The van der Waals surface area contributed by atoms with Crippen LogP contribution in [-0.4, -0.2) is 24.1 Å². The minimum Gasteiger partial charge on any atom is -0.456 e. The van der Waals surface area contributed by atoms with E-state index < -0.39 is 0 Å². The van der Waals surface area contributed by atoms with E-state index in [1.807, 2.05) is 18.2 Å². The van der Waals surface area contributed by atoms with Gasteiger partial charge in [-0.05, 0) is 121 Å². The lowest BCUT2D eigenvalue weighted by molar-refractivity contribution is 0.669. The number of rotatable bonds is 6. The van der Waals surface area contributed by atoms with Crippen LogP contribution in [0.15, 0.2) is 198 Å². The zero-order chi connectivity index (χ0) is 41.4. The molecule has 0 atom stereocenters. The van der Waals surface area contributed by atoms with Gasteiger partial charge in [0.1, 0.15) is 11.2 Å². The van der Waals surface area contributed by atoms with Crippen LogP contribution in [0.25, 0.3) is 106 Å². The highest BCUT2D eigenvalue weighted by Gasteiger charge is 2.25. The maximum Gasteiger partial charge on any atom is 0.238 e. The van der Waals surface area contributed by atoms with Gasteiger partial charge in [-0.3, -0.25) is 4.57 Å². The molecule has 2 aliphatic carbocycles. The molecule has 63 heavy (non-hydrogen) atoms. The summed E-state index contributed by atoms with van der Waals surface area (Å²) in [6, 6.07) is 57.8. The van der Waals surface area contributed by atoms with Crippen LogP contribution < -0.4 is 0 Å². The minimum atomic E-state index is 0.612. The van der Waals surface area contributed by atoms with Crippen LogP contribution in [0.5, 0.6) is 0 Å². The third kappa shape index (κ3) is 5.83. The second kappa shape index (κ2) is 14.3. The minimum absolute atomic E-state index is 0.612. The Hall–Kier alpha value is -8.09. The molecule has 0 radical (unpaired) electrons. The molecule has 0 aliphatic heterocycles. The molecule has 4 heterocycles. The van der Waals surface area contributed by atoms with Crippen molar-refractivity contribution < 1.29 is 4.42 Å². The molecule has 0 bridgehead atoms. The van der Waals surface area contributed by atoms with Crippen LogP contribution >= 0.6 is 0 Å². The molecule has 0 N–H and O–H groups in total. The third-order valence-electron chi connectivity index (χ3n) is 13.0. The third-order valence-corrected chi connectivity index (χ3v) is 13.0. The van der Waals surface area contributed by atoms with Gasteiger partial charge in [-0.15, -0.1) is 0 Å². The Morgan fingerprint density at radius 2 is 1.11 bits per heavy atom. The van der Waals surface area contributed by atoms with E-state index in [1.165, 1.54) is 49.6 Å². The fourth-order valence-corrected chi connectivity index (χ4v) is 10.0. The van der Waals surface area contributed by atoms with Gasteiger partial charge in [-0.25, -0.2) is 4.98 Å². The van der Waals surface area contributed by atoms with Crippen molar-refractivity contribution in [2.75, 3.05) is 0 Å². The molecule has 0 saturated carbocycles. The Morgan fingerprint density at radius 3 is 1.95 bits per heavy atom. The molecular weight excluding hydrogens is 771 g/mol. The Morgan fingerprint density at radius 1 is 0.444 bits per heavy atom. The lowest BCUT2D eigenvalue weighted by Gasteiger charge is -2.20. The number of aromatic nitrogens is 5. The van der Waals surface area contributed by atoms with Gasteiger partial charge in [0.05, 0.1) is 16.6 Å². The van der Waals surface area contributed by atoms with Crippen molar-refractivity contribution in [2.24, 2.45) is 0 Å². The summed E-state index contributed by atoms with van der Waals surface area (Å²) in [6.45, 7) is 0. The maximum atomic E-state index is 6.24. The van der Waals surface area contributed by atoms with Crippen molar-refractivity contribution in [3.8, 4) is 45.5 Å². The molecule has 0 saturated heterocycles. The molecule has 0 spiro atoms. The van der Waals surface area contributed by atoms with Crippen molar-refractivity contribution in [1.82, 2.24) is 24.1 Å². The van der Waals surface area contributed by atoms with E-state index >= 15 is 0 Å². The van der Waals surface area contributed by atoms with Gasteiger partial charge in [0.25, 0.3) is 0 Å². The first-order valence-corrected chi connectivity index (χ1v) is 21.8. The average molecular weight is 810 g/mol. The molecule has 11 aromatic rings. The fraction of sp³-hybridized carbons (Fsp3) is 0.0702. The topological polar surface area (TPSA) is 61.7 Å². The first-order valence-electron chi connectivity index (χ1n) is 21.8. The SMILES string of the molecule is C1=CCCC(C2=Cc3c(n(-c4nc(-c5cccc(-c6ccc7c(c6)c6ccccc6n7-c6ccccc6)c5)nc(-c5ccc6oc7ccccc7c6c5)n4)c4ccccc34)CC2)=C1. The lowest BCUT2D eigenvalue weighted by Crippen LogP contribution is -2.11. The Bertz CT molecular complexity index is 3750. The van der Waals surface area contributed by atoms with Crippen LogP contribution in [0.3, 0.4) is 0 Å². The predicted molar refractivity (Wildman–Crippen MR) is 257 cm³/mol. The molecule has 6 nitrogen and oxygen atoms in total. The molecule has 298 valence electrons. The van der Waals surface area contributed by atoms with E-state index in [4.69, 9.17) is 19.4 Å². The van der Waals surface area contributed by atoms with Crippen molar-refractivity contribution in [2.45, 2.75) is 25.7 Å². The summed E-state index contributed by atoms with van der Waals surface area (Å²) in [6.07, 6.45) is 13.2. The van der Waals surface area contributed by atoms with Crippen molar-refractivity contribution in [1.29, 1.82) is 0 Å². The van der Waals surface area contributed by atoms with E-state index in [1.54, 1.807) is 0 Å². The van der Waals surface area contributed by atoms with Crippen molar-refractivity contribution >= 4 is 60.7 Å². The first kappa shape index (κ1) is 35.6. The van der Waals surface area contributed by atoms with Gasteiger partial charge in [-0.2, -0.15) is 9.97 Å². The molecule has 0 unspecified atom stereocenters. The van der Waals surface area contributed by atoms with Crippen molar-refractivity contribution in [3.05, 3.63) is 204 Å². The highest BCUT2D eigenvalue weighted by atomic mass is 16.3. The number of allylic oxidation sites excluding steroid dienone is 5. The van der Waals surface area contributed by atoms with Crippen LogP contribution in [0, 0.1) is 0 Å². The van der Waals surface area contributed by atoms with Crippen LogP contribution in [-0.2, 0) is 6.42 Å². The van der Waals surface area contributed by atoms with Gasteiger partial charge in [0.15, 0.2) is 11.6 Å². The van der Waals surface area contributed by atoms with Gasteiger partial charge in [0, 0.05) is 55.0 Å². The predicted octanol–water partition coefficient (Wildman–Crippen LogP) is 14.4. The lowest BCUT2D eigenvalue weighted by atomic mass is 9.88. The standard InChI is InChI=1S/C57H39N5O/c1-3-14-36(15-4-1)38-26-30-52-47(33-38)44-21-8-11-24-50(44)62(52)57-59-55(58-56(60-57)41-28-31-54-48(35-41)45-22-9-12-25-53(45)63-54)40-17-13-16-37(32-40)39-27-29-51-46(34-39)43-20-7-10-23-49(43)61(51)42-18-5-2-6-19-42/h1-3,5-14,16-25,27-29,31-35H,4,15,26,30H2. The zero-order valence-electron chi connectivity index (χ0n) is 34.4. The fourth-order valence-electron chi connectivity index (χ4n) is 10.0. The molecule has 0 fully saturated rings. The number of hydrogen-bond acceptors (Lipinski definition) is 4. The van der Waals surface area contributed by atoms with Gasteiger partial charge >= 0.3 is 0 Å². The molecule has 2 aliphatic rings. The zero-order valence-corrected chi connectivity index (χ0v) is 34.4. The van der Waals surface area contributed by atoms with E-state index in [-0.39, 0.29) is 0 Å². The molecular formula is C57H39N5O. The summed E-state index contributed by atoms with van der Waals surface area (Å²) in [5.41, 5.74) is 15.7. The molecule has 13 rings (SSSR count). The number of para-hydroxylation sites is 4. The van der Waals surface area contributed by atoms with Crippen LogP contribution in [0.1, 0.15) is 30.5 Å². The smallest absolute Gasteiger partial charge is 0.238 e. The number of benzene rings is 7. The molecule has 4 aromatic heterocycles. The highest BCUT2D eigenvalue weighted by molar-refractivity contribution is 6.10. The summed E-state index contributed by atoms with van der Waals surface area (Å²) in [7, 11) is 0. The number of hydrogen-bond donors (Lipinski definition) is 0. The second-order valence-corrected chi connectivity index (χ2v) is 16.6. The van der Waals surface area contributed by atoms with E-state index in [0.717, 1.165) is 81.1 Å². The van der Waals surface area contributed by atoms with Gasteiger partial charge in [-0.1, -0.05) is 115 Å².